The Labute approximate surface area is 152 Å². The normalized spacial score (nSPS) is 13.9. The fourth-order valence-corrected chi connectivity index (χ4v) is 2.23. The van der Waals surface area contributed by atoms with Gasteiger partial charge in [0.05, 0.1) is 25.3 Å². The van der Waals surface area contributed by atoms with Crippen molar-refractivity contribution in [1.29, 1.82) is 0 Å². The van der Waals surface area contributed by atoms with Crippen molar-refractivity contribution in [3.05, 3.63) is 23.8 Å². The van der Waals surface area contributed by atoms with Gasteiger partial charge in [0.25, 0.3) is 0 Å². The van der Waals surface area contributed by atoms with Crippen LogP contribution in [0.15, 0.2) is 18.2 Å². The minimum absolute atomic E-state index is 0.151. The smallest absolute Gasteiger partial charge is 0.237 e. The molecule has 0 heterocycles. The number of carbonyl (C=O) groups excluding carboxylic acids is 1. The first-order chi connectivity index (χ1) is 11.7. The molecule has 1 amide bonds. The van der Waals surface area contributed by atoms with Crippen LogP contribution in [0.3, 0.4) is 0 Å². The van der Waals surface area contributed by atoms with Gasteiger partial charge in [-0.05, 0) is 42.9 Å². The highest BCUT2D eigenvalue weighted by Gasteiger charge is 2.28. The third kappa shape index (κ3) is 6.58. The molecule has 0 aliphatic heterocycles. The number of benzene rings is 1. The van der Waals surface area contributed by atoms with Crippen molar-refractivity contribution >= 4 is 5.91 Å². The summed E-state index contributed by atoms with van der Waals surface area (Å²) >= 11 is 0. The molecule has 0 aliphatic carbocycles. The van der Waals surface area contributed by atoms with E-state index >= 15 is 0 Å². The summed E-state index contributed by atoms with van der Waals surface area (Å²) in [7, 11) is 0. The molecule has 1 unspecified atom stereocenters. The van der Waals surface area contributed by atoms with Crippen molar-refractivity contribution in [2.24, 2.45) is 11.1 Å². The average Bonchev–Trinajstić information content (AvgIpc) is 2.56. The van der Waals surface area contributed by atoms with Crippen molar-refractivity contribution in [3.8, 4) is 11.5 Å². The van der Waals surface area contributed by atoms with E-state index in [9.17, 15) is 4.79 Å². The molecule has 1 aromatic rings. The van der Waals surface area contributed by atoms with E-state index in [0.717, 1.165) is 24.2 Å². The minimum Gasteiger partial charge on any atom is -0.490 e. The molecule has 0 fully saturated rings. The van der Waals surface area contributed by atoms with Crippen LogP contribution in [0.1, 0.15) is 66.0 Å². The van der Waals surface area contributed by atoms with E-state index in [1.807, 2.05) is 45.9 Å². The molecule has 1 rings (SSSR count). The van der Waals surface area contributed by atoms with E-state index in [1.165, 1.54) is 0 Å². The number of ether oxygens (including phenoxy) is 2. The van der Waals surface area contributed by atoms with Gasteiger partial charge in [0.1, 0.15) is 0 Å². The number of hydrogen-bond acceptors (Lipinski definition) is 4. The Morgan fingerprint density at radius 3 is 2.20 bits per heavy atom. The Bertz CT molecular complexity index is 552. The Morgan fingerprint density at radius 1 is 1.12 bits per heavy atom. The Hall–Kier alpha value is -1.75. The lowest BCUT2D eigenvalue weighted by Crippen LogP contribution is -2.49. The quantitative estimate of drug-likeness (QED) is 0.710. The molecule has 5 nitrogen and oxygen atoms in total. The van der Waals surface area contributed by atoms with Crippen molar-refractivity contribution < 1.29 is 14.3 Å². The van der Waals surface area contributed by atoms with E-state index in [1.54, 1.807) is 0 Å². The van der Waals surface area contributed by atoms with Gasteiger partial charge in [-0.1, -0.05) is 40.7 Å². The monoisotopic (exact) mass is 350 g/mol. The molecule has 3 N–H and O–H groups in total. The summed E-state index contributed by atoms with van der Waals surface area (Å²) in [6.07, 6.45) is 1.86. The fourth-order valence-electron chi connectivity index (χ4n) is 2.23. The Balaban J connectivity index is 2.90. The van der Waals surface area contributed by atoms with Gasteiger partial charge >= 0.3 is 0 Å². The molecular weight excluding hydrogens is 316 g/mol. The third-order valence-corrected chi connectivity index (χ3v) is 3.97. The Morgan fingerprint density at radius 2 is 1.68 bits per heavy atom. The van der Waals surface area contributed by atoms with Gasteiger partial charge in [-0.15, -0.1) is 0 Å². The lowest BCUT2D eigenvalue weighted by atomic mass is 9.86. The van der Waals surface area contributed by atoms with Crippen LogP contribution in [0, 0.1) is 5.41 Å². The SMILES string of the molecule is CCCOc1ccc(C(C)NC(=O)[C@@H](N)C(C)(C)C)cc1OCCC. The van der Waals surface area contributed by atoms with Crippen molar-refractivity contribution in [1.82, 2.24) is 5.32 Å². The number of amides is 1. The van der Waals surface area contributed by atoms with Gasteiger partial charge in [0.2, 0.25) is 5.91 Å². The van der Waals surface area contributed by atoms with Crippen LogP contribution in [-0.2, 0) is 4.79 Å². The first kappa shape index (κ1) is 21.3. The molecule has 5 heteroatoms. The van der Waals surface area contributed by atoms with Crippen LogP contribution >= 0.6 is 0 Å². The fraction of sp³-hybridized carbons (Fsp3) is 0.650. The number of nitrogens with two attached hydrogens (primary N) is 1. The van der Waals surface area contributed by atoms with Crippen LogP contribution in [0.5, 0.6) is 11.5 Å². The second-order valence-electron chi connectivity index (χ2n) is 7.48. The van der Waals surface area contributed by atoms with Crippen LogP contribution < -0.4 is 20.5 Å². The molecule has 0 radical (unpaired) electrons. The van der Waals surface area contributed by atoms with Gasteiger partial charge in [0, 0.05) is 0 Å². The lowest BCUT2D eigenvalue weighted by molar-refractivity contribution is -0.125. The van der Waals surface area contributed by atoms with Crippen LogP contribution in [0.4, 0.5) is 0 Å². The maximum atomic E-state index is 12.3. The van der Waals surface area contributed by atoms with Crippen LogP contribution in [-0.4, -0.2) is 25.2 Å². The zero-order valence-corrected chi connectivity index (χ0v) is 16.5. The highest BCUT2D eigenvalue weighted by Crippen LogP contribution is 2.31. The highest BCUT2D eigenvalue weighted by molar-refractivity contribution is 5.82. The number of hydrogen-bond donors (Lipinski definition) is 2. The molecule has 0 saturated heterocycles. The van der Waals surface area contributed by atoms with E-state index in [-0.39, 0.29) is 17.4 Å². The zero-order valence-electron chi connectivity index (χ0n) is 16.5. The third-order valence-electron chi connectivity index (χ3n) is 3.97. The molecule has 0 spiro atoms. The second-order valence-corrected chi connectivity index (χ2v) is 7.48. The first-order valence-corrected chi connectivity index (χ1v) is 9.16. The number of nitrogens with one attached hydrogen (secondary N) is 1. The summed E-state index contributed by atoms with van der Waals surface area (Å²) in [5.41, 5.74) is 6.72. The van der Waals surface area contributed by atoms with Gasteiger partial charge < -0.3 is 20.5 Å². The lowest BCUT2D eigenvalue weighted by Gasteiger charge is -2.27. The van der Waals surface area contributed by atoms with E-state index in [0.29, 0.717) is 19.0 Å². The molecule has 0 bridgehead atoms. The Kier molecular flexibility index (Phi) is 8.23. The molecule has 0 aromatic heterocycles. The van der Waals surface area contributed by atoms with Gasteiger partial charge in [-0.2, -0.15) is 0 Å². The minimum atomic E-state index is -0.557. The largest absolute Gasteiger partial charge is 0.490 e. The zero-order chi connectivity index (χ0) is 19.0. The van der Waals surface area contributed by atoms with Gasteiger partial charge in [-0.25, -0.2) is 0 Å². The molecular formula is C20H34N2O3. The topological polar surface area (TPSA) is 73.6 Å². The summed E-state index contributed by atoms with van der Waals surface area (Å²) in [6.45, 7) is 13.2. The molecule has 2 atom stereocenters. The van der Waals surface area contributed by atoms with E-state index in [4.69, 9.17) is 15.2 Å². The first-order valence-electron chi connectivity index (χ1n) is 9.16. The summed E-state index contributed by atoms with van der Waals surface area (Å²) in [5.74, 6) is 1.31. The highest BCUT2D eigenvalue weighted by atomic mass is 16.5. The maximum Gasteiger partial charge on any atom is 0.237 e. The summed E-state index contributed by atoms with van der Waals surface area (Å²) < 4.78 is 11.6. The van der Waals surface area contributed by atoms with E-state index < -0.39 is 6.04 Å². The molecule has 0 saturated carbocycles. The maximum absolute atomic E-state index is 12.3. The van der Waals surface area contributed by atoms with Crippen LogP contribution in [0.2, 0.25) is 0 Å². The standard InChI is InChI=1S/C20H34N2O3/c1-7-11-24-16-10-9-15(13-17(16)25-12-8-2)14(3)22-19(23)18(21)20(4,5)6/h9-10,13-14,18H,7-8,11-12,21H2,1-6H3,(H,22,23)/t14?,18-/m1/s1. The molecule has 1 aromatic carbocycles. The van der Waals surface area contributed by atoms with Crippen molar-refractivity contribution in [2.45, 2.75) is 66.5 Å². The predicted molar refractivity (Wildman–Crippen MR) is 102 cm³/mol. The van der Waals surface area contributed by atoms with Gasteiger partial charge in [0.15, 0.2) is 11.5 Å². The number of rotatable bonds is 9. The number of carbonyl (C=O) groups is 1. The molecule has 25 heavy (non-hydrogen) atoms. The average molecular weight is 351 g/mol. The predicted octanol–water partition coefficient (Wildman–Crippen LogP) is 3.81. The van der Waals surface area contributed by atoms with Crippen LogP contribution in [0.25, 0.3) is 0 Å². The van der Waals surface area contributed by atoms with E-state index in [2.05, 4.69) is 19.2 Å². The summed E-state index contributed by atoms with van der Waals surface area (Å²) in [5, 5.41) is 2.99. The van der Waals surface area contributed by atoms with Crippen molar-refractivity contribution in [3.63, 3.8) is 0 Å². The molecule has 0 aliphatic rings. The second kappa shape index (κ2) is 9.66. The van der Waals surface area contributed by atoms with Gasteiger partial charge in [-0.3, -0.25) is 4.79 Å². The summed E-state index contributed by atoms with van der Waals surface area (Å²) in [4.78, 5) is 12.3. The van der Waals surface area contributed by atoms with Crippen molar-refractivity contribution in [2.75, 3.05) is 13.2 Å². The molecule has 142 valence electrons. The summed E-state index contributed by atoms with van der Waals surface area (Å²) in [6, 6.07) is 5.08.